The smallest absolute Gasteiger partial charge is 0.418 e. The van der Waals surface area contributed by atoms with E-state index < -0.39 is 41.3 Å². The second-order valence-corrected chi connectivity index (χ2v) is 7.27. The van der Waals surface area contributed by atoms with Crippen LogP contribution in [0.25, 0.3) is 0 Å². The summed E-state index contributed by atoms with van der Waals surface area (Å²) in [6.07, 6.45) is -6.01. The van der Waals surface area contributed by atoms with Crippen molar-refractivity contribution in [1.29, 1.82) is 0 Å². The Labute approximate surface area is 177 Å². The maximum Gasteiger partial charge on any atom is 0.418 e. The highest BCUT2D eigenvalue weighted by atomic mass is 19.4. The van der Waals surface area contributed by atoms with Crippen molar-refractivity contribution in [2.24, 2.45) is 5.92 Å². The molecule has 2 aromatic carbocycles. The molecular formula is C22H21F3N2O4. The van der Waals surface area contributed by atoms with E-state index >= 15 is 0 Å². The number of para-hydroxylation sites is 1. The van der Waals surface area contributed by atoms with Gasteiger partial charge in [0.15, 0.2) is 6.10 Å². The number of likely N-dealkylation sites (tertiary alicyclic amines) is 1. The van der Waals surface area contributed by atoms with Crippen LogP contribution in [0.4, 0.5) is 18.9 Å². The Bertz CT molecular complexity index is 963. The highest BCUT2D eigenvalue weighted by Crippen LogP contribution is 2.34. The molecule has 1 saturated heterocycles. The summed E-state index contributed by atoms with van der Waals surface area (Å²) in [5.74, 6) is -2.58. The lowest BCUT2D eigenvalue weighted by molar-refractivity contribution is -0.157. The zero-order chi connectivity index (χ0) is 22.6. The first-order valence-corrected chi connectivity index (χ1v) is 9.64. The lowest BCUT2D eigenvalue weighted by Crippen LogP contribution is -2.33. The van der Waals surface area contributed by atoms with E-state index in [0.29, 0.717) is 6.54 Å². The van der Waals surface area contributed by atoms with Crippen molar-refractivity contribution in [3.05, 3.63) is 65.7 Å². The number of nitrogens with zero attached hydrogens (tertiary/aromatic N) is 1. The van der Waals surface area contributed by atoms with Crippen molar-refractivity contribution in [2.45, 2.75) is 32.2 Å². The van der Waals surface area contributed by atoms with Gasteiger partial charge in [0.25, 0.3) is 5.91 Å². The lowest BCUT2D eigenvalue weighted by Gasteiger charge is -2.19. The van der Waals surface area contributed by atoms with Gasteiger partial charge in [-0.3, -0.25) is 14.4 Å². The monoisotopic (exact) mass is 434 g/mol. The standard InChI is InChI=1S/C22H21F3N2O4/c1-14(20(29)26-18-10-6-5-9-17(18)22(23,24)25)31-21(30)16-11-19(28)27(13-16)12-15-7-3-2-4-8-15/h2-10,14,16H,11-13H2,1H3,(H,26,29). The molecule has 31 heavy (non-hydrogen) atoms. The van der Waals surface area contributed by atoms with Crippen LogP contribution in [0.2, 0.25) is 0 Å². The number of hydrogen-bond donors (Lipinski definition) is 1. The fourth-order valence-electron chi connectivity index (χ4n) is 3.28. The lowest BCUT2D eigenvalue weighted by atomic mass is 10.1. The predicted molar refractivity (Wildman–Crippen MR) is 106 cm³/mol. The molecule has 0 saturated carbocycles. The molecule has 1 heterocycles. The minimum Gasteiger partial charge on any atom is -0.452 e. The molecule has 0 radical (unpaired) electrons. The predicted octanol–water partition coefficient (Wildman–Crippen LogP) is 3.62. The van der Waals surface area contributed by atoms with Crippen LogP contribution >= 0.6 is 0 Å². The fourth-order valence-corrected chi connectivity index (χ4v) is 3.28. The van der Waals surface area contributed by atoms with Crippen molar-refractivity contribution in [3.8, 4) is 0 Å². The van der Waals surface area contributed by atoms with E-state index in [9.17, 15) is 27.6 Å². The van der Waals surface area contributed by atoms with Crippen molar-refractivity contribution in [1.82, 2.24) is 4.90 Å². The zero-order valence-electron chi connectivity index (χ0n) is 16.7. The number of benzene rings is 2. The largest absolute Gasteiger partial charge is 0.452 e. The fraction of sp³-hybridized carbons (Fsp3) is 0.318. The topological polar surface area (TPSA) is 75.7 Å². The summed E-state index contributed by atoms with van der Waals surface area (Å²) in [6, 6.07) is 13.8. The molecule has 2 aromatic rings. The van der Waals surface area contributed by atoms with E-state index in [1.807, 2.05) is 30.3 Å². The van der Waals surface area contributed by atoms with E-state index in [2.05, 4.69) is 5.32 Å². The van der Waals surface area contributed by atoms with Crippen LogP contribution in [0.1, 0.15) is 24.5 Å². The highest BCUT2D eigenvalue weighted by molar-refractivity contribution is 5.96. The summed E-state index contributed by atoms with van der Waals surface area (Å²) in [7, 11) is 0. The van der Waals surface area contributed by atoms with Crippen molar-refractivity contribution < 1.29 is 32.3 Å². The molecule has 2 amide bonds. The van der Waals surface area contributed by atoms with Crippen LogP contribution in [-0.2, 0) is 31.8 Å². The Balaban J connectivity index is 1.57. The third-order valence-electron chi connectivity index (χ3n) is 4.92. The van der Waals surface area contributed by atoms with Crippen LogP contribution in [0.5, 0.6) is 0 Å². The summed E-state index contributed by atoms with van der Waals surface area (Å²) in [5.41, 5.74) is -0.506. The van der Waals surface area contributed by atoms with Crippen molar-refractivity contribution >= 4 is 23.5 Å². The number of amides is 2. The Morgan fingerprint density at radius 1 is 1.13 bits per heavy atom. The number of alkyl halides is 3. The number of hydrogen-bond acceptors (Lipinski definition) is 4. The quantitative estimate of drug-likeness (QED) is 0.705. The maximum absolute atomic E-state index is 13.1. The van der Waals surface area contributed by atoms with Gasteiger partial charge in [0.1, 0.15) is 0 Å². The zero-order valence-corrected chi connectivity index (χ0v) is 16.7. The third kappa shape index (κ3) is 5.62. The summed E-state index contributed by atoms with van der Waals surface area (Å²) in [6.45, 7) is 1.77. The number of carbonyl (C=O) groups excluding carboxylic acids is 3. The number of halogens is 3. The van der Waals surface area contributed by atoms with Gasteiger partial charge < -0.3 is 15.0 Å². The Hall–Kier alpha value is -3.36. The van der Waals surface area contributed by atoms with Crippen LogP contribution in [0.3, 0.4) is 0 Å². The molecule has 2 unspecified atom stereocenters. The molecule has 9 heteroatoms. The van der Waals surface area contributed by atoms with Crippen molar-refractivity contribution in [2.75, 3.05) is 11.9 Å². The molecule has 1 aliphatic rings. The average molecular weight is 434 g/mol. The van der Waals surface area contributed by atoms with Gasteiger partial charge in [0.05, 0.1) is 17.2 Å². The number of anilines is 1. The molecular weight excluding hydrogens is 413 g/mol. The number of nitrogens with one attached hydrogen (secondary N) is 1. The maximum atomic E-state index is 13.1. The van der Waals surface area contributed by atoms with Crippen LogP contribution in [-0.4, -0.2) is 35.3 Å². The van der Waals surface area contributed by atoms with E-state index in [1.165, 1.54) is 24.0 Å². The van der Waals surface area contributed by atoms with Gasteiger partial charge in [0, 0.05) is 19.5 Å². The summed E-state index contributed by atoms with van der Waals surface area (Å²) >= 11 is 0. The molecule has 164 valence electrons. The average Bonchev–Trinajstić information content (AvgIpc) is 3.08. The number of esters is 1. The second kappa shape index (κ2) is 9.20. The number of rotatable bonds is 6. The molecule has 0 aliphatic carbocycles. The highest BCUT2D eigenvalue weighted by Gasteiger charge is 2.37. The Morgan fingerprint density at radius 3 is 2.45 bits per heavy atom. The van der Waals surface area contributed by atoms with Crippen molar-refractivity contribution in [3.63, 3.8) is 0 Å². The first-order chi connectivity index (χ1) is 14.6. The Kier molecular flexibility index (Phi) is 6.62. The molecule has 0 spiro atoms. The van der Waals surface area contributed by atoms with Gasteiger partial charge in [-0.05, 0) is 24.6 Å². The normalized spacial score (nSPS) is 17.4. The van der Waals surface area contributed by atoms with Gasteiger partial charge in [-0.1, -0.05) is 42.5 Å². The molecule has 1 fully saturated rings. The summed E-state index contributed by atoms with van der Waals surface area (Å²) in [5, 5.41) is 2.15. The Morgan fingerprint density at radius 2 is 1.77 bits per heavy atom. The molecule has 2 atom stereocenters. The van der Waals surface area contributed by atoms with E-state index in [-0.39, 0.29) is 18.9 Å². The molecule has 3 rings (SSSR count). The van der Waals surface area contributed by atoms with E-state index in [1.54, 1.807) is 0 Å². The third-order valence-corrected chi connectivity index (χ3v) is 4.92. The van der Waals surface area contributed by atoms with E-state index in [0.717, 1.165) is 17.7 Å². The van der Waals surface area contributed by atoms with Crippen LogP contribution in [0.15, 0.2) is 54.6 Å². The molecule has 0 bridgehead atoms. The van der Waals surface area contributed by atoms with Gasteiger partial charge >= 0.3 is 12.1 Å². The molecule has 1 N–H and O–H groups in total. The number of ether oxygens (including phenoxy) is 1. The summed E-state index contributed by atoms with van der Waals surface area (Å²) in [4.78, 5) is 38.5. The first-order valence-electron chi connectivity index (χ1n) is 9.64. The molecule has 1 aliphatic heterocycles. The van der Waals surface area contributed by atoms with Crippen LogP contribution < -0.4 is 5.32 Å². The van der Waals surface area contributed by atoms with Gasteiger partial charge in [0.2, 0.25) is 5.91 Å². The van der Waals surface area contributed by atoms with Gasteiger partial charge in [-0.2, -0.15) is 13.2 Å². The minimum absolute atomic E-state index is 0.0447. The second-order valence-electron chi connectivity index (χ2n) is 7.27. The minimum atomic E-state index is -4.64. The van der Waals surface area contributed by atoms with Crippen LogP contribution in [0, 0.1) is 5.92 Å². The first kappa shape index (κ1) is 22.3. The SMILES string of the molecule is CC(OC(=O)C1CC(=O)N(Cc2ccccc2)C1)C(=O)Nc1ccccc1C(F)(F)F. The molecule has 0 aromatic heterocycles. The number of carbonyl (C=O) groups is 3. The van der Waals surface area contributed by atoms with Gasteiger partial charge in [-0.15, -0.1) is 0 Å². The van der Waals surface area contributed by atoms with Gasteiger partial charge in [-0.25, -0.2) is 0 Å². The van der Waals surface area contributed by atoms with E-state index in [4.69, 9.17) is 4.74 Å². The molecule has 6 nitrogen and oxygen atoms in total. The summed E-state index contributed by atoms with van der Waals surface area (Å²) < 4.78 is 44.3.